The second-order valence-electron chi connectivity index (χ2n) is 10.1. The Hall–Kier alpha value is -2.57. The first-order valence-corrected chi connectivity index (χ1v) is 11.9. The number of ether oxygens (including phenoxy) is 4. The minimum Gasteiger partial charge on any atom is -0.492 e. The lowest BCUT2D eigenvalue weighted by Crippen LogP contribution is -2.55. The van der Waals surface area contributed by atoms with Gasteiger partial charge >= 0.3 is 5.97 Å². The predicted octanol–water partition coefficient (Wildman–Crippen LogP) is 4.74. The number of carbonyl (C=O) groups is 1. The average Bonchev–Trinajstić information content (AvgIpc) is 3.39. The summed E-state index contributed by atoms with van der Waals surface area (Å²) in [6.07, 6.45) is 4.16. The molecule has 6 heteroatoms. The van der Waals surface area contributed by atoms with Crippen LogP contribution < -0.4 is 15.2 Å². The van der Waals surface area contributed by atoms with E-state index < -0.39 is 5.72 Å². The molecule has 0 aromatic heterocycles. The van der Waals surface area contributed by atoms with Crippen molar-refractivity contribution in [3.63, 3.8) is 0 Å². The van der Waals surface area contributed by atoms with Gasteiger partial charge in [0.25, 0.3) is 0 Å². The smallest absolute Gasteiger partial charge is 0.306 e. The first-order chi connectivity index (χ1) is 15.8. The third-order valence-electron chi connectivity index (χ3n) is 7.68. The topological polar surface area (TPSA) is 80.0 Å². The van der Waals surface area contributed by atoms with Crippen molar-refractivity contribution in [3.8, 4) is 11.5 Å². The van der Waals surface area contributed by atoms with Crippen LogP contribution in [0.1, 0.15) is 73.8 Å². The Labute approximate surface area is 195 Å². The maximum absolute atomic E-state index is 11.7. The van der Waals surface area contributed by atoms with Crippen molar-refractivity contribution in [2.24, 2.45) is 11.1 Å². The maximum Gasteiger partial charge on any atom is 0.306 e. The number of rotatable bonds is 5. The summed E-state index contributed by atoms with van der Waals surface area (Å²) in [6, 6.07) is 12.3. The van der Waals surface area contributed by atoms with Crippen molar-refractivity contribution in [3.05, 3.63) is 58.7 Å². The Kier molecular flexibility index (Phi) is 5.61. The van der Waals surface area contributed by atoms with Gasteiger partial charge in [-0.05, 0) is 42.9 Å². The van der Waals surface area contributed by atoms with Crippen molar-refractivity contribution in [2.75, 3.05) is 20.3 Å². The summed E-state index contributed by atoms with van der Waals surface area (Å²) in [4.78, 5) is 11.7. The molecule has 2 aromatic carbocycles. The molecule has 6 nitrogen and oxygen atoms in total. The molecule has 0 amide bonds. The van der Waals surface area contributed by atoms with Crippen LogP contribution in [0.4, 0.5) is 0 Å². The first kappa shape index (κ1) is 22.2. The van der Waals surface area contributed by atoms with Gasteiger partial charge in [-0.3, -0.25) is 10.5 Å². The summed E-state index contributed by atoms with van der Waals surface area (Å²) in [5.74, 6) is 1.35. The number of methoxy groups -OCH3 is 1. The molecular weight excluding hydrogens is 418 g/mol. The van der Waals surface area contributed by atoms with Crippen molar-refractivity contribution in [2.45, 2.75) is 63.7 Å². The van der Waals surface area contributed by atoms with Crippen LogP contribution in [-0.2, 0) is 26.4 Å². The van der Waals surface area contributed by atoms with Gasteiger partial charge in [0.2, 0.25) is 0 Å². The Morgan fingerprint density at radius 1 is 1.21 bits per heavy atom. The number of nitrogens with two attached hydrogens (primary N) is 1. The van der Waals surface area contributed by atoms with E-state index in [0.29, 0.717) is 19.6 Å². The molecule has 2 heterocycles. The summed E-state index contributed by atoms with van der Waals surface area (Å²) < 4.78 is 23.3. The number of esters is 1. The highest BCUT2D eigenvalue weighted by Crippen LogP contribution is 2.49. The third kappa shape index (κ3) is 3.79. The quantitative estimate of drug-likeness (QED) is 0.662. The number of hydrogen-bond donors (Lipinski definition) is 1. The lowest BCUT2D eigenvalue weighted by molar-refractivity contribution is -0.162. The molecule has 3 unspecified atom stereocenters. The summed E-state index contributed by atoms with van der Waals surface area (Å²) >= 11 is 0. The summed E-state index contributed by atoms with van der Waals surface area (Å²) in [5.41, 5.74) is 10.6. The molecule has 3 atom stereocenters. The van der Waals surface area contributed by atoms with Crippen molar-refractivity contribution < 1.29 is 23.7 Å². The monoisotopic (exact) mass is 451 g/mol. The zero-order valence-electron chi connectivity index (χ0n) is 19.7. The van der Waals surface area contributed by atoms with E-state index in [4.69, 9.17) is 24.7 Å². The van der Waals surface area contributed by atoms with Gasteiger partial charge in [-0.25, -0.2) is 0 Å². The van der Waals surface area contributed by atoms with Crippen LogP contribution in [0.2, 0.25) is 0 Å². The van der Waals surface area contributed by atoms with Gasteiger partial charge in [-0.15, -0.1) is 0 Å². The second kappa shape index (κ2) is 8.33. The zero-order chi connectivity index (χ0) is 23.2. The Morgan fingerprint density at radius 2 is 2.06 bits per heavy atom. The van der Waals surface area contributed by atoms with Crippen LogP contribution in [0.15, 0.2) is 36.4 Å². The zero-order valence-corrected chi connectivity index (χ0v) is 19.7. The molecule has 0 spiro atoms. The molecule has 5 rings (SSSR count). The summed E-state index contributed by atoms with van der Waals surface area (Å²) in [6.45, 7) is 5.58. The minimum atomic E-state index is -0.790. The lowest BCUT2D eigenvalue weighted by atomic mass is 9.71. The molecule has 1 saturated heterocycles. The highest BCUT2D eigenvalue weighted by molar-refractivity contribution is 5.71. The van der Waals surface area contributed by atoms with E-state index in [9.17, 15) is 4.79 Å². The fourth-order valence-corrected chi connectivity index (χ4v) is 5.61. The highest BCUT2D eigenvalue weighted by Gasteiger charge is 2.48. The lowest BCUT2D eigenvalue weighted by Gasteiger charge is -2.48. The van der Waals surface area contributed by atoms with Crippen LogP contribution >= 0.6 is 0 Å². The second-order valence-corrected chi connectivity index (χ2v) is 10.1. The largest absolute Gasteiger partial charge is 0.492 e. The molecule has 33 heavy (non-hydrogen) atoms. The molecule has 2 N–H and O–H groups in total. The number of benzene rings is 2. The van der Waals surface area contributed by atoms with Gasteiger partial charge in [0, 0.05) is 35.1 Å². The fraction of sp³-hybridized carbons (Fsp3) is 0.519. The van der Waals surface area contributed by atoms with Crippen LogP contribution in [-0.4, -0.2) is 26.3 Å². The molecule has 2 aliphatic heterocycles. The molecule has 1 fully saturated rings. The van der Waals surface area contributed by atoms with E-state index >= 15 is 0 Å². The van der Waals surface area contributed by atoms with E-state index in [-0.39, 0.29) is 23.4 Å². The van der Waals surface area contributed by atoms with E-state index in [2.05, 4.69) is 32.0 Å². The summed E-state index contributed by atoms with van der Waals surface area (Å²) in [7, 11) is 1.41. The molecule has 1 aliphatic carbocycles. The van der Waals surface area contributed by atoms with Gasteiger partial charge < -0.3 is 18.9 Å². The molecule has 2 aromatic rings. The van der Waals surface area contributed by atoms with Crippen molar-refractivity contribution >= 4 is 5.97 Å². The Bertz CT molecular complexity index is 1060. The standard InChI is InChI=1S/C27H33NO5/c1-26(2)12-5-13-32-27(26,28)22-7-4-6-21-20(22)10-11-23(21)33-18-8-9-19-17(14-25(29)30-3)16-31-24(19)15-18/h4,6-9,15,17,23H,5,10-14,16,28H2,1-3H3. The van der Waals surface area contributed by atoms with Gasteiger partial charge in [-0.2, -0.15) is 0 Å². The van der Waals surface area contributed by atoms with Crippen LogP contribution in [0.5, 0.6) is 11.5 Å². The molecular formula is C27H33NO5. The predicted molar refractivity (Wildman–Crippen MR) is 124 cm³/mol. The minimum absolute atomic E-state index is 0.0239. The maximum atomic E-state index is 11.7. The number of fused-ring (bicyclic) bond motifs is 2. The van der Waals surface area contributed by atoms with Gasteiger partial charge in [0.05, 0.1) is 20.1 Å². The van der Waals surface area contributed by atoms with Gasteiger partial charge in [0.1, 0.15) is 23.3 Å². The van der Waals surface area contributed by atoms with Gasteiger partial charge in [0.15, 0.2) is 0 Å². The van der Waals surface area contributed by atoms with Gasteiger partial charge in [-0.1, -0.05) is 38.1 Å². The van der Waals surface area contributed by atoms with Crippen molar-refractivity contribution in [1.82, 2.24) is 0 Å². The number of hydrogen-bond acceptors (Lipinski definition) is 6. The Morgan fingerprint density at radius 3 is 2.85 bits per heavy atom. The first-order valence-electron chi connectivity index (χ1n) is 11.9. The average molecular weight is 452 g/mol. The highest BCUT2D eigenvalue weighted by atomic mass is 16.5. The van der Waals surface area contributed by atoms with E-state index in [0.717, 1.165) is 48.3 Å². The van der Waals surface area contributed by atoms with E-state index in [1.165, 1.54) is 18.2 Å². The van der Waals surface area contributed by atoms with E-state index in [1.807, 2.05) is 18.2 Å². The molecule has 0 bridgehead atoms. The van der Waals surface area contributed by atoms with Crippen LogP contribution in [0.25, 0.3) is 0 Å². The number of carbonyl (C=O) groups excluding carboxylic acids is 1. The summed E-state index contributed by atoms with van der Waals surface area (Å²) in [5, 5.41) is 0. The molecule has 0 saturated carbocycles. The molecule has 3 aliphatic rings. The molecule has 176 valence electrons. The third-order valence-corrected chi connectivity index (χ3v) is 7.68. The SMILES string of the molecule is COC(=O)CC1COc2cc(OC3CCc4c3cccc4C3(N)OCCCC3(C)C)ccc21. The molecule has 0 radical (unpaired) electrons. The van der Waals surface area contributed by atoms with Crippen molar-refractivity contribution in [1.29, 1.82) is 0 Å². The van der Waals surface area contributed by atoms with E-state index in [1.54, 1.807) is 0 Å². The fourth-order valence-electron chi connectivity index (χ4n) is 5.61. The Balaban J connectivity index is 1.38. The normalized spacial score (nSPS) is 27.4. The van der Waals surface area contributed by atoms with Crippen LogP contribution in [0, 0.1) is 5.41 Å². The van der Waals surface area contributed by atoms with Crippen LogP contribution in [0.3, 0.4) is 0 Å².